The van der Waals surface area contributed by atoms with Crippen molar-refractivity contribution in [2.24, 2.45) is 0 Å². The zero-order chi connectivity index (χ0) is 30.7. The lowest BCUT2D eigenvalue weighted by Gasteiger charge is -2.29. The minimum absolute atomic E-state index is 0.00448. The van der Waals surface area contributed by atoms with E-state index in [4.69, 9.17) is 31.7 Å². The van der Waals surface area contributed by atoms with Crippen LogP contribution in [-0.2, 0) is 20.4 Å². The highest BCUT2D eigenvalue weighted by molar-refractivity contribution is 7.99. The minimum Gasteiger partial charge on any atom is -0.476 e. The van der Waals surface area contributed by atoms with Crippen molar-refractivity contribution in [3.63, 3.8) is 0 Å². The maximum Gasteiger partial charge on any atom is 0.433 e. The molecule has 0 aliphatic carbocycles. The molecule has 3 N–H and O–H groups in total. The first-order valence-corrected chi connectivity index (χ1v) is 12.4. The van der Waals surface area contributed by atoms with Crippen molar-refractivity contribution in [3.8, 4) is 11.6 Å². The van der Waals surface area contributed by atoms with E-state index in [9.17, 15) is 41.4 Å². The average molecular weight is 627 g/mol. The van der Waals surface area contributed by atoms with Crippen LogP contribution in [0.1, 0.15) is 19.0 Å². The molecule has 0 saturated carbocycles. The normalized spacial score (nSPS) is 13.2. The molecule has 0 saturated heterocycles. The molecule has 0 amide bonds. The SMILES string of the molecule is CCC(OCCOC)(Oc1ncc(F)cc1Sc1cc(-n2c(=O)cc(C(F)(F)F)n(N)c2=O)c(F)cc1Cl)C(=O)O. The van der Waals surface area contributed by atoms with E-state index >= 15 is 0 Å². The number of nitrogens with two attached hydrogens (primary N) is 1. The summed E-state index contributed by atoms with van der Waals surface area (Å²) in [6.07, 6.45) is -4.68. The fourth-order valence-electron chi connectivity index (χ4n) is 3.35. The summed E-state index contributed by atoms with van der Waals surface area (Å²) in [5.41, 5.74) is -5.88. The van der Waals surface area contributed by atoms with Crippen LogP contribution in [0.25, 0.3) is 5.69 Å². The number of aliphatic carboxylic acids is 1. The van der Waals surface area contributed by atoms with Gasteiger partial charge in [-0.15, -0.1) is 0 Å². The fraction of sp³-hybridized carbons (Fsp3) is 0.304. The van der Waals surface area contributed by atoms with Crippen LogP contribution < -0.4 is 21.8 Å². The quantitative estimate of drug-likeness (QED) is 0.140. The molecule has 2 aromatic heterocycles. The maximum atomic E-state index is 14.9. The highest BCUT2D eigenvalue weighted by Gasteiger charge is 2.42. The second-order valence-corrected chi connectivity index (χ2v) is 9.49. The molecule has 0 aliphatic heterocycles. The van der Waals surface area contributed by atoms with Gasteiger partial charge in [0.2, 0.25) is 5.88 Å². The van der Waals surface area contributed by atoms with E-state index in [2.05, 4.69) is 4.98 Å². The molecular weight excluding hydrogens is 607 g/mol. The van der Waals surface area contributed by atoms with Gasteiger partial charge in [0, 0.05) is 24.5 Å². The molecule has 0 aliphatic rings. The summed E-state index contributed by atoms with van der Waals surface area (Å²) in [4.78, 5) is 40.5. The average Bonchev–Trinajstić information content (AvgIpc) is 2.88. The number of hydrogen-bond donors (Lipinski definition) is 2. The summed E-state index contributed by atoms with van der Waals surface area (Å²) < 4.78 is 84.0. The third-order valence-electron chi connectivity index (χ3n) is 5.35. The van der Waals surface area contributed by atoms with E-state index < -0.39 is 58.1 Å². The van der Waals surface area contributed by atoms with Crippen LogP contribution in [0, 0.1) is 11.6 Å². The Bertz CT molecular complexity index is 1580. The van der Waals surface area contributed by atoms with Crippen LogP contribution >= 0.6 is 23.4 Å². The van der Waals surface area contributed by atoms with Crippen LogP contribution in [0.3, 0.4) is 0 Å². The standard InChI is InChI=1S/C23H20ClF5N4O7S/c1-3-22(20(35)36,39-5-4-38-2)40-19-16(6-11(25)10-31-19)41-15-8-14(13(26)7-12(15)24)32-18(34)9-17(23(27,28)29)33(30)21(32)37/h6-10H,3-5,30H2,1-2H3,(H,35,36). The molecule has 0 bridgehead atoms. The highest BCUT2D eigenvalue weighted by atomic mass is 35.5. The predicted molar refractivity (Wildman–Crippen MR) is 134 cm³/mol. The Labute approximate surface area is 236 Å². The number of ether oxygens (including phenoxy) is 3. The van der Waals surface area contributed by atoms with Gasteiger partial charge in [-0.3, -0.25) is 4.79 Å². The summed E-state index contributed by atoms with van der Waals surface area (Å²) in [5.74, 6) is -1.23. The van der Waals surface area contributed by atoms with Crippen LogP contribution in [0.5, 0.6) is 5.88 Å². The summed E-state index contributed by atoms with van der Waals surface area (Å²) in [6.45, 7) is 1.25. The molecule has 3 aromatic rings. The smallest absolute Gasteiger partial charge is 0.433 e. The Morgan fingerprint density at radius 3 is 2.41 bits per heavy atom. The van der Waals surface area contributed by atoms with Crippen LogP contribution in [-0.4, -0.2) is 51.4 Å². The van der Waals surface area contributed by atoms with Crippen LogP contribution in [0.2, 0.25) is 5.02 Å². The van der Waals surface area contributed by atoms with Crippen molar-refractivity contribution in [2.45, 2.75) is 35.1 Å². The number of benzene rings is 1. The Morgan fingerprint density at radius 1 is 1.15 bits per heavy atom. The highest BCUT2D eigenvalue weighted by Crippen LogP contribution is 2.40. The number of aromatic nitrogens is 3. The summed E-state index contributed by atoms with van der Waals surface area (Å²) in [6, 6.07) is 2.36. The summed E-state index contributed by atoms with van der Waals surface area (Å²) in [7, 11) is 1.36. The Morgan fingerprint density at radius 2 is 1.83 bits per heavy atom. The number of carboxylic acid groups (broad SMARTS) is 1. The molecule has 0 radical (unpaired) electrons. The third kappa shape index (κ3) is 6.80. The van der Waals surface area contributed by atoms with Crippen LogP contribution in [0.15, 0.2) is 49.8 Å². The van der Waals surface area contributed by atoms with Gasteiger partial charge in [-0.2, -0.15) is 13.2 Å². The van der Waals surface area contributed by atoms with Crippen molar-refractivity contribution >= 4 is 29.3 Å². The van der Waals surface area contributed by atoms with Crippen LogP contribution in [0.4, 0.5) is 22.0 Å². The van der Waals surface area contributed by atoms with Crippen molar-refractivity contribution < 1.29 is 46.1 Å². The molecule has 0 spiro atoms. The van der Waals surface area contributed by atoms with E-state index in [0.717, 1.165) is 18.3 Å². The van der Waals surface area contributed by atoms with Crippen molar-refractivity contribution in [3.05, 3.63) is 73.7 Å². The molecular formula is C23H20ClF5N4O7S. The van der Waals surface area contributed by atoms with Gasteiger partial charge in [-0.25, -0.2) is 32.6 Å². The lowest BCUT2D eigenvalue weighted by molar-refractivity contribution is -0.217. The van der Waals surface area contributed by atoms with Gasteiger partial charge in [0.05, 0.1) is 35.0 Å². The van der Waals surface area contributed by atoms with E-state index in [-0.39, 0.29) is 49.8 Å². The zero-order valence-corrected chi connectivity index (χ0v) is 22.6. The Balaban J connectivity index is 2.12. The first-order valence-electron chi connectivity index (χ1n) is 11.2. The molecule has 1 aromatic carbocycles. The number of halogens is 6. The van der Waals surface area contributed by atoms with Gasteiger partial charge in [-0.05, 0) is 18.2 Å². The lowest BCUT2D eigenvalue weighted by Crippen LogP contribution is -2.47. The van der Waals surface area contributed by atoms with E-state index in [1.165, 1.54) is 14.0 Å². The zero-order valence-electron chi connectivity index (χ0n) is 21.0. The third-order valence-corrected chi connectivity index (χ3v) is 6.85. The number of methoxy groups -OCH3 is 1. The predicted octanol–water partition coefficient (Wildman–Crippen LogP) is 3.44. The first-order chi connectivity index (χ1) is 19.1. The molecule has 222 valence electrons. The fourth-order valence-corrected chi connectivity index (χ4v) is 4.53. The van der Waals surface area contributed by atoms with Crippen molar-refractivity contribution in [1.29, 1.82) is 0 Å². The van der Waals surface area contributed by atoms with Gasteiger partial charge < -0.3 is 25.2 Å². The summed E-state index contributed by atoms with van der Waals surface area (Å²) >= 11 is 6.68. The maximum absolute atomic E-state index is 14.9. The van der Waals surface area contributed by atoms with Gasteiger partial charge >= 0.3 is 23.6 Å². The molecule has 11 nitrogen and oxygen atoms in total. The largest absolute Gasteiger partial charge is 0.476 e. The lowest BCUT2D eigenvalue weighted by atomic mass is 10.2. The monoisotopic (exact) mass is 626 g/mol. The first kappa shape index (κ1) is 31.9. The van der Waals surface area contributed by atoms with E-state index in [1.807, 2.05) is 0 Å². The number of carboxylic acids is 1. The number of nitrogens with zero attached hydrogens (tertiary/aromatic N) is 3. The molecule has 41 heavy (non-hydrogen) atoms. The molecule has 0 fully saturated rings. The molecule has 3 rings (SSSR count). The van der Waals surface area contributed by atoms with Crippen molar-refractivity contribution in [2.75, 3.05) is 26.2 Å². The molecule has 2 heterocycles. The van der Waals surface area contributed by atoms with Gasteiger partial charge in [0.25, 0.3) is 5.56 Å². The topological polar surface area (TPSA) is 148 Å². The summed E-state index contributed by atoms with van der Waals surface area (Å²) in [5, 5.41) is 9.46. The van der Waals surface area contributed by atoms with Gasteiger partial charge in [-0.1, -0.05) is 30.3 Å². The Kier molecular flexibility index (Phi) is 9.68. The molecule has 1 atom stereocenters. The van der Waals surface area contributed by atoms with Gasteiger partial charge in [0.1, 0.15) is 11.6 Å². The number of rotatable bonds is 11. The van der Waals surface area contributed by atoms with E-state index in [1.54, 1.807) is 0 Å². The second-order valence-electron chi connectivity index (χ2n) is 8.00. The number of hydrogen-bond acceptors (Lipinski definition) is 9. The molecule has 18 heteroatoms. The number of carbonyl (C=O) groups is 1. The minimum atomic E-state index is -5.16. The van der Waals surface area contributed by atoms with Gasteiger partial charge in [0.15, 0.2) is 5.69 Å². The number of pyridine rings is 1. The second kappa shape index (κ2) is 12.5. The number of nitrogen functional groups attached to an aromatic ring is 1. The Hall–Kier alpha value is -3.67. The van der Waals surface area contributed by atoms with E-state index in [0.29, 0.717) is 17.8 Å². The number of alkyl halides is 3. The van der Waals surface area contributed by atoms with Crippen molar-refractivity contribution in [1.82, 2.24) is 14.2 Å². The molecule has 1 unspecified atom stereocenters.